The molecule has 0 fully saturated rings. The van der Waals surface area contributed by atoms with Crippen LogP contribution in [0.5, 0.6) is 0 Å². The van der Waals surface area contributed by atoms with Crippen molar-refractivity contribution in [3.8, 4) is 0 Å². The average molecular weight is 352 g/mol. The van der Waals surface area contributed by atoms with Gasteiger partial charge in [-0.2, -0.15) is 13.2 Å². The van der Waals surface area contributed by atoms with Gasteiger partial charge in [-0.15, -0.1) is 0 Å². The molecule has 0 aromatic heterocycles. The van der Waals surface area contributed by atoms with E-state index in [4.69, 9.17) is 5.14 Å². The van der Waals surface area contributed by atoms with Gasteiger partial charge in [-0.3, -0.25) is 0 Å². The second kappa shape index (κ2) is 8.16. The Kier molecular flexibility index (Phi) is 6.82. The summed E-state index contributed by atoms with van der Waals surface area (Å²) in [5.74, 6) is 0.0228. The first-order valence-corrected chi connectivity index (χ1v) is 8.52. The topological polar surface area (TPSA) is 96.6 Å². The average Bonchev–Trinajstić information content (AvgIpc) is 2.43. The van der Waals surface area contributed by atoms with E-state index in [0.717, 1.165) is 12.1 Å². The minimum absolute atomic E-state index is 0.0224. The minimum Gasteiger partial charge on any atom is -0.357 e. The SMILES string of the molecule is CCNC(=NCc1cccc(C(F)(F)F)c1)NCCS(N)(=O)=O. The van der Waals surface area contributed by atoms with Crippen molar-refractivity contribution in [1.29, 1.82) is 0 Å². The van der Waals surface area contributed by atoms with Gasteiger partial charge in [0.05, 0.1) is 17.9 Å². The number of nitrogens with zero attached hydrogens (tertiary/aromatic N) is 1. The molecule has 0 amide bonds. The standard InChI is InChI=1S/C13H19F3N4O2S/c1-2-18-12(19-6-7-23(17,21)22)20-9-10-4-3-5-11(8-10)13(14,15)16/h3-5,8H,2,6-7,9H2,1H3,(H2,17,21,22)(H2,18,19,20). The summed E-state index contributed by atoms with van der Waals surface area (Å²) in [6.07, 6.45) is -4.40. The molecule has 1 aromatic rings. The number of alkyl halides is 3. The van der Waals surface area contributed by atoms with E-state index in [9.17, 15) is 21.6 Å². The molecule has 0 aliphatic heterocycles. The third kappa shape index (κ3) is 7.84. The van der Waals surface area contributed by atoms with Crippen LogP contribution in [0, 0.1) is 0 Å². The Morgan fingerprint density at radius 3 is 2.57 bits per heavy atom. The highest BCUT2D eigenvalue weighted by atomic mass is 32.2. The van der Waals surface area contributed by atoms with E-state index in [1.807, 2.05) is 0 Å². The number of sulfonamides is 1. The number of hydrogen-bond donors (Lipinski definition) is 3. The van der Waals surface area contributed by atoms with Crippen molar-refractivity contribution in [2.45, 2.75) is 19.6 Å². The van der Waals surface area contributed by atoms with Gasteiger partial charge in [-0.1, -0.05) is 12.1 Å². The number of aliphatic imine (C=N–C) groups is 1. The molecular weight excluding hydrogens is 333 g/mol. The van der Waals surface area contributed by atoms with Crippen molar-refractivity contribution in [2.24, 2.45) is 10.1 Å². The van der Waals surface area contributed by atoms with Gasteiger partial charge in [0, 0.05) is 13.1 Å². The van der Waals surface area contributed by atoms with Crippen molar-refractivity contribution in [2.75, 3.05) is 18.8 Å². The Hall–Kier alpha value is -1.81. The Bertz CT molecular complexity index is 645. The number of halogens is 3. The maximum Gasteiger partial charge on any atom is 0.416 e. The quantitative estimate of drug-likeness (QED) is 0.527. The lowest BCUT2D eigenvalue weighted by Gasteiger charge is -2.11. The molecule has 1 aromatic carbocycles. The van der Waals surface area contributed by atoms with Crippen LogP contribution in [-0.4, -0.2) is 33.2 Å². The number of primary sulfonamides is 1. The second-order valence-corrected chi connectivity index (χ2v) is 6.42. The van der Waals surface area contributed by atoms with Gasteiger partial charge < -0.3 is 10.6 Å². The van der Waals surface area contributed by atoms with Gasteiger partial charge in [0.1, 0.15) is 0 Å². The van der Waals surface area contributed by atoms with Crippen molar-refractivity contribution in [3.05, 3.63) is 35.4 Å². The lowest BCUT2D eigenvalue weighted by Crippen LogP contribution is -2.40. The molecule has 1 rings (SSSR count). The third-order valence-electron chi connectivity index (χ3n) is 2.70. The smallest absolute Gasteiger partial charge is 0.357 e. The summed E-state index contributed by atoms with van der Waals surface area (Å²) in [6, 6.07) is 4.86. The Morgan fingerprint density at radius 2 is 2.00 bits per heavy atom. The molecule has 23 heavy (non-hydrogen) atoms. The second-order valence-electron chi connectivity index (χ2n) is 4.69. The molecule has 10 heteroatoms. The minimum atomic E-state index is -4.40. The molecule has 0 unspecified atom stereocenters. The first kappa shape index (κ1) is 19.2. The van der Waals surface area contributed by atoms with E-state index in [2.05, 4.69) is 15.6 Å². The van der Waals surface area contributed by atoms with Crippen LogP contribution in [-0.2, 0) is 22.7 Å². The van der Waals surface area contributed by atoms with Gasteiger partial charge in [-0.05, 0) is 24.6 Å². The molecular formula is C13H19F3N4O2S. The van der Waals surface area contributed by atoms with E-state index in [0.29, 0.717) is 18.1 Å². The lowest BCUT2D eigenvalue weighted by molar-refractivity contribution is -0.137. The van der Waals surface area contributed by atoms with Gasteiger partial charge >= 0.3 is 6.18 Å². The van der Waals surface area contributed by atoms with Crippen LogP contribution in [0.25, 0.3) is 0 Å². The zero-order valence-corrected chi connectivity index (χ0v) is 13.3. The molecule has 0 heterocycles. The van der Waals surface area contributed by atoms with Crippen LogP contribution in [0.3, 0.4) is 0 Å². The predicted molar refractivity (Wildman–Crippen MR) is 82.2 cm³/mol. The largest absolute Gasteiger partial charge is 0.416 e. The van der Waals surface area contributed by atoms with Crippen LogP contribution in [0.2, 0.25) is 0 Å². The van der Waals surface area contributed by atoms with E-state index < -0.39 is 21.8 Å². The number of guanidine groups is 1. The summed E-state index contributed by atoms with van der Waals surface area (Å²) in [5.41, 5.74) is -0.346. The van der Waals surface area contributed by atoms with Crippen LogP contribution in [0.4, 0.5) is 13.2 Å². The van der Waals surface area contributed by atoms with Gasteiger partial charge in [0.25, 0.3) is 0 Å². The van der Waals surface area contributed by atoms with Crippen LogP contribution >= 0.6 is 0 Å². The first-order chi connectivity index (χ1) is 10.6. The van der Waals surface area contributed by atoms with Gasteiger partial charge in [0.2, 0.25) is 10.0 Å². The van der Waals surface area contributed by atoms with E-state index in [1.54, 1.807) is 6.92 Å². The normalized spacial score (nSPS) is 13.0. The molecule has 0 atom stereocenters. The molecule has 0 saturated heterocycles. The Morgan fingerprint density at radius 1 is 1.30 bits per heavy atom. The zero-order chi connectivity index (χ0) is 17.5. The number of benzene rings is 1. The summed E-state index contributed by atoms with van der Waals surface area (Å²) in [4.78, 5) is 4.12. The summed E-state index contributed by atoms with van der Waals surface area (Å²) < 4.78 is 59.6. The van der Waals surface area contributed by atoms with Crippen molar-refractivity contribution in [3.63, 3.8) is 0 Å². The molecule has 0 aliphatic rings. The molecule has 0 aliphatic carbocycles. The molecule has 0 bridgehead atoms. The maximum atomic E-state index is 12.6. The van der Waals surface area contributed by atoms with Crippen LogP contribution < -0.4 is 15.8 Å². The van der Waals surface area contributed by atoms with Crippen molar-refractivity contribution in [1.82, 2.24) is 10.6 Å². The Balaban J connectivity index is 2.73. The number of hydrogen-bond acceptors (Lipinski definition) is 3. The molecule has 130 valence electrons. The fourth-order valence-corrected chi connectivity index (χ4v) is 2.06. The fraction of sp³-hybridized carbons (Fsp3) is 0.462. The number of nitrogens with two attached hydrogens (primary N) is 1. The molecule has 4 N–H and O–H groups in total. The highest BCUT2D eigenvalue weighted by molar-refractivity contribution is 7.89. The highest BCUT2D eigenvalue weighted by Crippen LogP contribution is 2.29. The third-order valence-corrected chi connectivity index (χ3v) is 3.47. The number of rotatable bonds is 6. The van der Waals surface area contributed by atoms with E-state index in [-0.39, 0.29) is 18.8 Å². The van der Waals surface area contributed by atoms with Gasteiger partial charge in [-0.25, -0.2) is 18.5 Å². The zero-order valence-electron chi connectivity index (χ0n) is 12.5. The maximum absolute atomic E-state index is 12.6. The van der Waals surface area contributed by atoms with Crippen LogP contribution in [0.1, 0.15) is 18.1 Å². The molecule has 0 saturated carbocycles. The van der Waals surface area contributed by atoms with Crippen molar-refractivity contribution < 1.29 is 21.6 Å². The summed E-state index contributed by atoms with van der Waals surface area (Å²) in [6.45, 7) is 2.40. The fourth-order valence-electron chi connectivity index (χ4n) is 1.67. The predicted octanol–water partition coefficient (Wildman–Crippen LogP) is 1.05. The Labute approximate surface area is 133 Å². The molecule has 0 spiro atoms. The summed E-state index contributed by atoms with van der Waals surface area (Å²) in [5, 5.41) is 10.5. The van der Waals surface area contributed by atoms with Crippen molar-refractivity contribution >= 4 is 16.0 Å². The summed E-state index contributed by atoms with van der Waals surface area (Å²) in [7, 11) is -3.59. The number of nitrogens with one attached hydrogen (secondary N) is 2. The lowest BCUT2D eigenvalue weighted by atomic mass is 10.1. The van der Waals surface area contributed by atoms with E-state index in [1.165, 1.54) is 12.1 Å². The highest BCUT2D eigenvalue weighted by Gasteiger charge is 2.30. The monoisotopic (exact) mass is 352 g/mol. The molecule has 6 nitrogen and oxygen atoms in total. The molecule has 0 radical (unpaired) electrons. The van der Waals surface area contributed by atoms with E-state index >= 15 is 0 Å². The first-order valence-electron chi connectivity index (χ1n) is 6.80. The summed E-state index contributed by atoms with van der Waals surface area (Å²) >= 11 is 0. The van der Waals surface area contributed by atoms with Gasteiger partial charge in [0.15, 0.2) is 5.96 Å². The van der Waals surface area contributed by atoms with Crippen LogP contribution in [0.15, 0.2) is 29.3 Å².